The molecule has 0 N–H and O–H groups in total. The minimum atomic E-state index is -1.80. The highest BCUT2D eigenvalue weighted by molar-refractivity contribution is 6.74. The molecule has 0 radical (unpaired) electrons. The molecular formula is C14H20Cl2O2Si. The van der Waals surface area contributed by atoms with Crippen molar-refractivity contribution >= 4 is 37.8 Å². The second-order valence-corrected chi connectivity index (χ2v) is 11.8. The molecule has 0 saturated carbocycles. The van der Waals surface area contributed by atoms with E-state index in [1.807, 2.05) is 0 Å². The predicted octanol–water partition coefficient (Wildman–Crippen LogP) is 5.33. The van der Waals surface area contributed by atoms with Crippen LogP contribution in [0.4, 0.5) is 0 Å². The van der Waals surface area contributed by atoms with Crippen LogP contribution in [0.2, 0.25) is 28.2 Å². The third-order valence-corrected chi connectivity index (χ3v) is 8.77. The van der Waals surface area contributed by atoms with E-state index in [4.69, 9.17) is 27.6 Å². The average Bonchev–Trinajstić information content (AvgIpc) is 2.24. The average molecular weight is 319 g/mol. The number of carbonyl (C=O) groups excluding carboxylic acids is 1. The molecule has 0 fully saturated rings. The number of hydrogen-bond donors (Lipinski definition) is 0. The van der Waals surface area contributed by atoms with Gasteiger partial charge in [0, 0.05) is 0 Å². The smallest absolute Gasteiger partial charge is 0.192 e. The molecule has 1 rings (SSSR count). The normalized spacial score (nSPS) is 12.6. The van der Waals surface area contributed by atoms with Crippen molar-refractivity contribution in [3.8, 4) is 0 Å². The molecule has 106 valence electrons. The van der Waals surface area contributed by atoms with Gasteiger partial charge in [0.15, 0.2) is 14.6 Å². The zero-order valence-corrected chi connectivity index (χ0v) is 14.5. The highest BCUT2D eigenvalue weighted by Gasteiger charge is 2.37. The van der Waals surface area contributed by atoms with E-state index in [0.717, 1.165) is 5.56 Å². The minimum absolute atomic E-state index is 0.156. The Labute approximate surface area is 126 Å². The maximum atomic E-state index is 10.8. The number of carbonyl (C=O) groups is 1. The van der Waals surface area contributed by atoms with Crippen LogP contribution in [-0.2, 0) is 11.0 Å². The largest absolute Gasteiger partial charge is 0.413 e. The van der Waals surface area contributed by atoms with Gasteiger partial charge in [0.1, 0.15) is 0 Å². The van der Waals surface area contributed by atoms with Crippen molar-refractivity contribution in [2.45, 2.75) is 45.5 Å². The van der Waals surface area contributed by atoms with E-state index < -0.39 is 8.32 Å². The monoisotopic (exact) mass is 318 g/mol. The Bertz CT molecular complexity index is 456. The maximum absolute atomic E-state index is 10.8. The SMILES string of the molecule is CC(C)(C)[Si](C)(C)OCc1cc(Cl)c(C=O)c(Cl)c1. The summed E-state index contributed by atoms with van der Waals surface area (Å²) in [6, 6.07) is 3.48. The lowest BCUT2D eigenvalue weighted by molar-refractivity contribution is 0.112. The van der Waals surface area contributed by atoms with Crippen LogP contribution < -0.4 is 0 Å². The highest BCUT2D eigenvalue weighted by atomic mass is 35.5. The molecule has 5 heteroatoms. The molecule has 0 amide bonds. The molecule has 0 aliphatic heterocycles. The van der Waals surface area contributed by atoms with Gasteiger partial charge in [-0.2, -0.15) is 0 Å². The van der Waals surface area contributed by atoms with Gasteiger partial charge in [-0.05, 0) is 35.8 Å². The van der Waals surface area contributed by atoms with Crippen LogP contribution in [0, 0.1) is 0 Å². The van der Waals surface area contributed by atoms with Gasteiger partial charge in [-0.15, -0.1) is 0 Å². The minimum Gasteiger partial charge on any atom is -0.413 e. The third kappa shape index (κ3) is 4.05. The van der Waals surface area contributed by atoms with Gasteiger partial charge in [0.05, 0.1) is 22.2 Å². The van der Waals surface area contributed by atoms with Gasteiger partial charge in [-0.1, -0.05) is 44.0 Å². The van der Waals surface area contributed by atoms with Crippen LogP contribution in [0.5, 0.6) is 0 Å². The summed E-state index contributed by atoms with van der Waals surface area (Å²) in [6.45, 7) is 11.4. The molecule has 0 aromatic heterocycles. The van der Waals surface area contributed by atoms with Crippen molar-refractivity contribution in [3.63, 3.8) is 0 Å². The lowest BCUT2D eigenvalue weighted by Crippen LogP contribution is -2.40. The summed E-state index contributed by atoms with van der Waals surface area (Å²) in [5.41, 5.74) is 1.23. The van der Waals surface area contributed by atoms with E-state index in [9.17, 15) is 4.79 Å². The maximum Gasteiger partial charge on any atom is 0.192 e. The second-order valence-electron chi connectivity index (χ2n) is 6.14. The topological polar surface area (TPSA) is 26.3 Å². The Morgan fingerprint density at radius 3 is 2.05 bits per heavy atom. The van der Waals surface area contributed by atoms with Crippen LogP contribution in [-0.4, -0.2) is 14.6 Å². The fraction of sp³-hybridized carbons (Fsp3) is 0.500. The first-order valence-corrected chi connectivity index (χ1v) is 9.82. The van der Waals surface area contributed by atoms with Gasteiger partial charge >= 0.3 is 0 Å². The quantitative estimate of drug-likeness (QED) is 0.554. The van der Waals surface area contributed by atoms with E-state index in [1.54, 1.807) is 12.1 Å². The van der Waals surface area contributed by atoms with Crippen LogP contribution in [0.15, 0.2) is 12.1 Å². The lowest BCUT2D eigenvalue weighted by atomic mass is 10.1. The fourth-order valence-corrected chi connectivity index (χ4v) is 2.89. The Morgan fingerprint density at radius 1 is 1.21 bits per heavy atom. The summed E-state index contributed by atoms with van der Waals surface area (Å²) in [7, 11) is -1.80. The zero-order chi connectivity index (χ0) is 14.8. The molecule has 1 aromatic rings. The number of benzene rings is 1. The van der Waals surface area contributed by atoms with Crippen molar-refractivity contribution in [1.29, 1.82) is 0 Å². The predicted molar refractivity (Wildman–Crippen MR) is 83.8 cm³/mol. The first kappa shape index (κ1) is 16.7. The van der Waals surface area contributed by atoms with Crippen molar-refractivity contribution < 1.29 is 9.22 Å². The fourth-order valence-electron chi connectivity index (χ4n) is 1.31. The number of hydrogen-bond acceptors (Lipinski definition) is 2. The van der Waals surface area contributed by atoms with E-state index >= 15 is 0 Å². The molecule has 0 heterocycles. The van der Waals surface area contributed by atoms with Crippen molar-refractivity contribution in [2.75, 3.05) is 0 Å². The first-order chi connectivity index (χ1) is 8.58. The molecule has 0 unspecified atom stereocenters. The summed E-state index contributed by atoms with van der Waals surface area (Å²) in [6.07, 6.45) is 0.670. The summed E-state index contributed by atoms with van der Waals surface area (Å²) in [4.78, 5) is 10.8. The van der Waals surface area contributed by atoms with Crippen LogP contribution in [0.1, 0.15) is 36.7 Å². The third-order valence-electron chi connectivity index (χ3n) is 3.66. The molecule has 2 nitrogen and oxygen atoms in total. The van der Waals surface area contributed by atoms with Crippen molar-refractivity contribution in [3.05, 3.63) is 33.3 Å². The van der Waals surface area contributed by atoms with E-state index in [0.29, 0.717) is 28.5 Å². The molecule has 0 aliphatic rings. The van der Waals surface area contributed by atoms with E-state index in [1.165, 1.54) is 0 Å². The summed E-state index contributed by atoms with van der Waals surface area (Å²) < 4.78 is 6.10. The van der Waals surface area contributed by atoms with Crippen molar-refractivity contribution in [1.82, 2.24) is 0 Å². The van der Waals surface area contributed by atoms with Gasteiger partial charge in [0.25, 0.3) is 0 Å². The lowest BCUT2D eigenvalue weighted by Gasteiger charge is -2.36. The van der Waals surface area contributed by atoms with Gasteiger partial charge in [0.2, 0.25) is 0 Å². The first-order valence-electron chi connectivity index (χ1n) is 6.15. The molecule has 1 aromatic carbocycles. The second kappa shape index (κ2) is 5.96. The van der Waals surface area contributed by atoms with Gasteiger partial charge in [-0.3, -0.25) is 4.79 Å². The Balaban J connectivity index is 2.88. The Morgan fingerprint density at radius 2 is 1.68 bits per heavy atom. The molecule has 0 atom stereocenters. The molecular weight excluding hydrogens is 299 g/mol. The molecule has 0 aliphatic carbocycles. The van der Waals surface area contributed by atoms with Crippen LogP contribution >= 0.6 is 23.2 Å². The number of rotatable bonds is 4. The van der Waals surface area contributed by atoms with E-state index in [-0.39, 0.29) is 5.04 Å². The van der Waals surface area contributed by atoms with Gasteiger partial charge in [-0.25, -0.2) is 0 Å². The molecule has 19 heavy (non-hydrogen) atoms. The molecule has 0 bridgehead atoms. The van der Waals surface area contributed by atoms with Gasteiger partial charge < -0.3 is 4.43 Å². The summed E-state index contributed by atoms with van der Waals surface area (Å²) in [5.74, 6) is 0. The number of halogens is 2. The summed E-state index contributed by atoms with van der Waals surface area (Å²) >= 11 is 12.0. The summed E-state index contributed by atoms with van der Waals surface area (Å²) in [5, 5.41) is 0.899. The standard InChI is InChI=1S/C14H20Cl2O2Si/c1-14(2,3)19(4,5)18-9-10-6-12(15)11(8-17)13(16)7-10/h6-8H,9H2,1-5H3. The Hall–Kier alpha value is -0.353. The van der Waals surface area contributed by atoms with Crippen LogP contribution in [0.25, 0.3) is 0 Å². The zero-order valence-electron chi connectivity index (χ0n) is 12.0. The van der Waals surface area contributed by atoms with E-state index in [2.05, 4.69) is 33.9 Å². The van der Waals surface area contributed by atoms with Crippen LogP contribution in [0.3, 0.4) is 0 Å². The molecule has 0 spiro atoms. The highest BCUT2D eigenvalue weighted by Crippen LogP contribution is 2.37. The number of aldehydes is 1. The van der Waals surface area contributed by atoms with Crippen molar-refractivity contribution in [2.24, 2.45) is 0 Å². The molecule has 0 saturated heterocycles. The Kier molecular flexibility index (Phi) is 5.24.